The zero-order valence-corrected chi connectivity index (χ0v) is 7.05. The summed E-state index contributed by atoms with van der Waals surface area (Å²) in [7, 11) is 0. The molecule has 0 aliphatic rings. The molecule has 0 fully saturated rings. The second-order valence-electron chi connectivity index (χ2n) is 2.37. The summed E-state index contributed by atoms with van der Waals surface area (Å²) < 4.78 is 0.389. The molecule has 0 saturated heterocycles. The molecule has 0 aliphatic carbocycles. The zero-order valence-electron chi connectivity index (χ0n) is 7.05. The van der Waals surface area contributed by atoms with E-state index in [1.54, 1.807) is 13.1 Å². The van der Waals surface area contributed by atoms with Gasteiger partial charge in [-0.1, -0.05) is 0 Å². The molecule has 0 rings (SSSR count). The first-order valence-electron chi connectivity index (χ1n) is 3.64. The molecule has 0 aromatic carbocycles. The first kappa shape index (κ1) is 9.37. The van der Waals surface area contributed by atoms with E-state index >= 15 is 0 Å². The third kappa shape index (κ3) is 1.45. The van der Waals surface area contributed by atoms with Gasteiger partial charge in [-0.15, -0.1) is 0 Å². The van der Waals surface area contributed by atoms with Crippen LogP contribution in [0.25, 0.3) is 0 Å². The van der Waals surface area contributed by atoms with Gasteiger partial charge >= 0.3 is 5.91 Å². The molecule has 10 heavy (non-hydrogen) atoms. The highest BCUT2D eigenvalue weighted by Gasteiger charge is 2.25. The van der Waals surface area contributed by atoms with Crippen molar-refractivity contribution in [3.8, 4) is 0 Å². The summed E-state index contributed by atoms with van der Waals surface area (Å²) in [6.45, 7) is 10.8. The molecular formula is C8H16NO+. The maximum absolute atomic E-state index is 11.1. The number of carbonyl (C=O) groups is 1. The van der Waals surface area contributed by atoms with Gasteiger partial charge in [-0.25, -0.2) is 9.28 Å². The van der Waals surface area contributed by atoms with E-state index in [4.69, 9.17) is 0 Å². The fraction of sp³-hybridized carbons (Fsp3) is 0.625. The predicted octanol–water partition coefficient (Wildman–Crippen LogP) is 1.53. The Morgan fingerprint density at radius 3 is 1.90 bits per heavy atom. The van der Waals surface area contributed by atoms with Crippen LogP contribution in [0.15, 0.2) is 12.8 Å². The number of carbonyl (C=O) groups excluding carboxylic acids is 1. The van der Waals surface area contributed by atoms with Crippen molar-refractivity contribution in [3.63, 3.8) is 0 Å². The SMILES string of the molecule is C=C[N+](CC)(CC)C(C)=O. The van der Waals surface area contributed by atoms with Crippen molar-refractivity contribution in [1.29, 1.82) is 0 Å². The number of amides is 1. The van der Waals surface area contributed by atoms with Gasteiger partial charge < -0.3 is 0 Å². The van der Waals surface area contributed by atoms with Crippen molar-refractivity contribution in [2.75, 3.05) is 13.1 Å². The lowest BCUT2D eigenvalue weighted by molar-refractivity contribution is -0.798. The van der Waals surface area contributed by atoms with Crippen molar-refractivity contribution >= 4 is 5.91 Å². The molecule has 2 nitrogen and oxygen atoms in total. The Kier molecular flexibility index (Phi) is 3.30. The molecule has 0 heterocycles. The number of hydrogen-bond donors (Lipinski definition) is 0. The maximum Gasteiger partial charge on any atom is 0.315 e. The molecule has 0 spiro atoms. The monoisotopic (exact) mass is 142 g/mol. The van der Waals surface area contributed by atoms with E-state index in [2.05, 4.69) is 6.58 Å². The first-order chi connectivity index (χ1) is 4.63. The second kappa shape index (κ2) is 3.52. The molecule has 0 aromatic rings. The molecule has 0 saturated carbocycles. The summed E-state index contributed by atoms with van der Waals surface area (Å²) in [4.78, 5) is 11.1. The first-order valence-corrected chi connectivity index (χ1v) is 3.64. The topological polar surface area (TPSA) is 17.1 Å². The molecule has 2 heteroatoms. The van der Waals surface area contributed by atoms with Gasteiger partial charge in [-0.05, 0) is 20.4 Å². The van der Waals surface area contributed by atoms with Crippen LogP contribution in [-0.2, 0) is 4.79 Å². The van der Waals surface area contributed by atoms with Gasteiger partial charge in [0.05, 0.1) is 26.2 Å². The summed E-state index contributed by atoms with van der Waals surface area (Å²) in [5.41, 5.74) is 0. The van der Waals surface area contributed by atoms with E-state index in [0.29, 0.717) is 4.48 Å². The lowest BCUT2D eigenvalue weighted by Crippen LogP contribution is -2.46. The van der Waals surface area contributed by atoms with E-state index in [1.165, 1.54) is 0 Å². The Morgan fingerprint density at radius 1 is 1.50 bits per heavy atom. The Labute approximate surface area is 62.7 Å². The van der Waals surface area contributed by atoms with E-state index in [1.807, 2.05) is 13.8 Å². The van der Waals surface area contributed by atoms with Gasteiger partial charge in [0.15, 0.2) is 0 Å². The molecule has 1 amide bonds. The Balaban J connectivity index is 4.46. The van der Waals surface area contributed by atoms with Crippen LogP contribution < -0.4 is 0 Å². The lowest BCUT2D eigenvalue weighted by atomic mass is 10.4. The minimum absolute atomic E-state index is 0.167. The van der Waals surface area contributed by atoms with E-state index < -0.39 is 0 Å². The summed E-state index contributed by atoms with van der Waals surface area (Å²) in [5, 5.41) is 0. The number of hydrogen-bond acceptors (Lipinski definition) is 1. The van der Waals surface area contributed by atoms with E-state index in [9.17, 15) is 4.79 Å². The summed E-state index contributed by atoms with van der Waals surface area (Å²) >= 11 is 0. The standard InChI is InChI=1S/C8H16NO/c1-5-9(6-2,7-3)8(4)10/h5H,1,6-7H2,2-4H3/q+1. The normalized spacial score (nSPS) is 11.1. The molecular weight excluding hydrogens is 126 g/mol. The average molecular weight is 142 g/mol. The molecule has 0 aliphatic heterocycles. The second-order valence-corrected chi connectivity index (χ2v) is 2.37. The lowest BCUT2D eigenvalue weighted by Gasteiger charge is -2.27. The van der Waals surface area contributed by atoms with E-state index in [-0.39, 0.29) is 5.91 Å². The Hall–Kier alpha value is -0.630. The van der Waals surface area contributed by atoms with Crippen LogP contribution in [0.4, 0.5) is 0 Å². The van der Waals surface area contributed by atoms with Gasteiger partial charge in [-0.2, -0.15) is 0 Å². The van der Waals surface area contributed by atoms with Crippen LogP contribution >= 0.6 is 0 Å². The molecule has 0 atom stereocenters. The van der Waals surface area contributed by atoms with Gasteiger partial charge in [0.25, 0.3) is 0 Å². The van der Waals surface area contributed by atoms with Gasteiger partial charge in [-0.3, -0.25) is 0 Å². The van der Waals surface area contributed by atoms with Crippen molar-refractivity contribution < 1.29 is 9.28 Å². The smallest absolute Gasteiger partial charge is 0.236 e. The third-order valence-corrected chi connectivity index (χ3v) is 2.11. The summed E-state index contributed by atoms with van der Waals surface area (Å²) in [6.07, 6.45) is 1.71. The molecule has 0 N–H and O–H groups in total. The molecule has 58 valence electrons. The van der Waals surface area contributed by atoms with E-state index in [0.717, 1.165) is 13.1 Å². The minimum Gasteiger partial charge on any atom is -0.236 e. The van der Waals surface area contributed by atoms with Crippen LogP contribution in [0.1, 0.15) is 20.8 Å². The fourth-order valence-corrected chi connectivity index (χ4v) is 1.06. The van der Waals surface area contributed by atoms with Crippen molar-refractivity contribution in [3.05, 3.63) is 12.8 Å². The van der Waals surface area contributed by atoms with Crippen LogP contribution in [0.3, 0.4) is 0 Å². The number of quaternary nitrogens is 1. The van der Waals surface area contributed by atoms with Crippen LogP contribution in [0.2, 0.25) is 0 Å². The highest BCUT2D eigenvalue weighted by atomic mass is 16.2. The molecule has 0 aromatic heterocycles. The Bertz CT molecular complexity index is 136. The number of rotatable bonds is 3. The maximum atomic E-state index is 11.1. The zero-order chi connectivity index (χ0) is 8.20. The minimum atomic E-state index is 0.167. The molecule has 0 unspecified atom stereocenters. The average Bonchev–Trinajstić information content (AvgIpc) is 1.92. The predicted molar refractivity (Wildman–Crippen MR) is 42.2 cm³/mol. The van der Waals surface area contributed by atoms with Crippen LogP contribution in [-0.4, -0.2) is 23.5 Å². The highest BCUT2D eigenvalue weighted by molar-refractivity contribution is 5.66. The molecule has 0 bridgehead atoms. The van der Waals surface area contributed by atoms with Crippen molar-refractivity contribution in [2.45, 2.75) is 20.8 Å². The highest BCUT2D eigenvalue weighted by Crippen LogP contribution is 2.06. The van der Waals surface area contributed by atoms with Crippen molar-refractivity contribution in [1.82, 2.24) is 0 Å². The largest absolute Gasteiger partial charge is 0.315 e. The number of nitrogens with zero attached hydrogens (tertiary/aromatic N) is 1. The molecule has 0 radical (unpaired) electrons. The summed E-state index contributed by atoms with van der Waals surface area (Å²) in [6, 6.07) is 0. The van der Waals surface area contributed by atoms with Gasteiger partial charge in [0.2, 0.25) is 0 Å². The quantitative estimate of drug-likeness (QED) is 0.546. The van der Waals surface area contributed by atoms with Gasteiger partial charge in [0.1, 0.15) is 0 Å². The van der Waals surface area contributed by atoms with Crippen LogP contribution in [0, 0.1) is 0 Å². The third-order valence-electron chi connectivity index (χ3n) is 2.11. The van der Waals surface area contributed by atoms with Gasteiger partial charge in [0, 0.05) is 0 Å². The van der Waals surface area contributed by atoms with Crippen molar-refractivity contribution in [2.24, 2.45) is 0 Å². The van der Waals surface area contributed by atoms with Crippen LogP contribution in [0.5, 0.6) is 0 Å². The fourth-order valence-electron chi connectivity index (χ4n) is 1.06. The summed E-state index contributed by atoms with van der Waals surface area (Å²) in [5.74, 6) is 0.167. The Morgan fingerprint density at radius 2 is 1.90 bits per heavy atom.